The summed E-state index contributed by atoms with van der Waals surface area (Å²) in [4.78, 5) is 8.18. The first-order valence-electron chi connectivity index (χ1n) is 5.69. The molecule has 0 aliphatic rings. The van der Waals surface area contributed by atoms with Gasteiger partial charge in [-0.15, -0.1) is 0 Å². The number of hydrogen-bond donors (Lipinski definition) is 1. The van der Waals surface area contributed by atoms with Crippen LogP contribution in [0.15, 0.2) is 30.7 Å². The molecule has 1 N–H and O–H groups in total. The molecule has 0 radical (unpaired) electrons. The maximum absolute atomic E-state index is 4.17. The molecule has 88 valence electrons. The van der Waals surface area contributed by atoms with Crippen molar-refractivity contribution < 1.29 is 1.43 Å². The van der Waals surface area contributed by atoms with E-state index in [2.05, 4.69) is 29.1 Å². The number of fused-ring (bicyclic) bond motifs is 1. The molecule has 0 aromatic carbocycles. The van der Waals surface area contributed by atoms with Gasteiger partial charge in [-0.25, -0.2) is 4.98 Å². The fraction of sp³-hybridized carbons (Fsp3) is 0.385. The predicted molar refractivity (Wildman–Crippen MR) is 71.8 cm³/mol. The zero-order valence-corrected chi connectivity index (χ0v) is 10.2. The average molecular weight is 219 g/mol. The van der Waals surface area contributed by atoms with E-state index in [1.165, 1.54) is 12.8 Å². The molecule has 0 atom stereocenters. The second-order valence-corrected chi connectivity index (χ2v) is 3.54. The third kappa shape index (κ3) is 3.50. The Balaban J connectivity index is 0.000000453. The lowest BCUT2D eigenvalue weighted by Gasteiger charge is -1.99. The van der Waals surface area contributed by atoms with E-state index in [1.807, 2.05) is 31.6 Å². The molecule has 0 fully saturated rings. The van der Waals surface area contributed by atoms with Gasteiger partial charge in [0.15, 0.2) is 0 Å². The van der Waals surface area contributed by atoms with Crippen molar-refractivity contribution >= 4 is 16.6 Å². The zero-order valence-electron chi connectivity index (χ0n) is 10.2. The SMILES string of the molecule is CCCC.CNc1cc2ccncc2cn1.[HH]. The summed E-state index contributed by atoms with van der Waals surface area (Å²) in [6.45, 7) is 4.36. The van der Waals surface area contributed by atoms with Crippen LogP contribution >= 0.6 is 0 Å². The molecule has 0 spiro atoms. The number of anilines is 1. The zero-order chi connectivity index (χ0) is 11.8. The molecule has 2 aromatic heterocycles. The van der Waals surface area contributed by atoms with E-state index in [-0.39, 0.29) is 1.43 Å². The second kappa shape index (κ2) is 6.77. The molecule has 0 saturated heterocycles. The van der Waals surface area contributed by atoms with Crippen LogP contribution in [0, 0.1) is 0 Å². The molecule has 16 heavy (non-hydrogen) atoms. The molecule has 0 bridgehead atoms. The van der Waals surface area contributed by atoms with Gasteiger partial charge in [-0.1, -0.05) is 26.7 Å². The van der Waals surface area contributed by atoms with E-state index in [0.29, 0.717) is 0 Å². The van der Waals surface area contributed by atoms with Gasteiger partial charge in [0.05, 0.1) is 0 Å². The lowest BCUT2D eigenvalue weighted by molar-refractivity contribution is 0.886. The van der Waals surface area contributed by atoms with Gasteiger partial charge in [0, 0.05) is 32.5 Å². The Kier molecular flexibility index (Phi) is 5.26. The minimum Gasteiger partial charge on any atom is -0.373 e. The van der Waals surface area contributed by atoms with Crippen LogP contribution in [0.1, 0.15) is 28.1 Å². The minimum absolute atomic E-state index is 0. The standard InChI is InChI=1S/C9H9N3.C4H10.H2/c1-10-9-4-7-2-3-11-5-8(7)6-12-9;1-3-4-2;/h2-6H,1H3,(H,10,12);3-4H2,1-2H3;1H. The monoisotopic (exact) mass is 219 g/mol. The summed E-state index contributed by atoms with van der Waals surface area (Å²) in [5.41, 5.74) is 0. The lowest BCUT2D eigenvalue weighted by Crippen LogP contribution is -1.90. The Morgan fingerprint density at radius 1 is 1.19 bits per heavy atom. The molecule has 0 saturated carbocycles. The first-order valence-corrected chi connectivity index (χ1v) is 5.69. The van der Waals surface area contributed by atoms with Crippen molar-refractivity contribution in [2.45, 2.75) is 26.7 Å². The highest BCUT2D eigenvalue weighted by atomic mass is 14.9. The molecule has 3 heteroatoms. The highest BCUT2D eigenvalue weighted by Gasteiger charge is 1.93. The molecular formula is C13H21N3. The summed E-state index contributed by atoms with van der Waals surface area (Å²) < 4.78 is 0. The van der Waals surface area contributed by atoms with Crippen LogP contribution in [0.2, 0.25) is 0 Å². The number of rotatable bonds is 2. The van der Waals surface area contributed by atoms with Gasteiger partial charge in [0.1, 0.15) is 5.82 Å². The maximum atomic E-state index is 4.17. The summed E-state index contributed by atoms with van der Waals surface area (Å²) in [6.07, 6.45) is 8.04. The summed E-state index contributed by atoms with van der Waals surface area (Å²) in [5.74, 6) is 0.883. The van der Waals surface area contributed by atoms with Crippen molar-refractivity contribution in [3.8, 4) is 0 Å². The van der Waals surface area contributed by atoms with Crippen molar-refractivity contribution in [3.05, 3.63) is 30.7 Å². The van der Waals surface area contributed by atoms with Crippen molar-refractivity contribution in [1.82, 2.24) is 9.97 Å². The lowest BCUT2D eigenvalue weighted by atomic mass is 10.2. The number of unbranched alkanes of at least 4 members (excludes halogenated alkanes) is 1. The highest BCUT2D eigenvalue weighted by molar-refractivity contribution is 5.82. The molecule has 0 aliphatic carbocycles. The third-order valence-electron chi connectivity index (χ3n) is 2.28. The van der Waals surface area contributed by atoms with Gasteiger partial charge < -0.3 is 5.32 Å². The predicted octanol–water partition coefficient (Wildman–Crippen LogP) is 3.72. The number of nitrogens with zero attached hydrogens (tertiary/aromatic N) is 2. The number of hydrogen-bond acceptors (Lipinski definition) is 3. The van der Waals surface area contributed by atoms with E-state index in [1.54, 1.807) is 6.20 Å². The van der Waals surface area contributed by atoms with Gasteiger partial charge in [-0.3, -0.25) is 4.98 Å². The smallest absolute Gasteiger partial charge is 0.126 e. The van der Waals surface area contributed by atoms with Crippen molar-refractivity contribution in [1.29, 1.82) is 0 Å². The maximum Gasteiger partial charge on any atom is 0.126 e. The number of nitrogens with one attached hydrogen (secondary N) is 1. The number of aromatic nitrogens is 2. The van der Waals surface area contributed by atoms with Crippen LogP contribution in [0.3, 0.4) is 0 Å². The Bertz CT molecular complexity index is 430. The van der Waals surface area contributed by atoms with Crippen LogP contribution in [0.5, 0.6) is 0 Å². The van der Waals surface area contributed by atoms with Crippen LogP contribution in [0.25, 0.3) is 10.8 Å². The molecule has 0 unspecified atom stereocenters. The van der Waals surface area contributed by atoms with Crippen LogP contribution in [-0.2, 0) is 0 Å². The summed E-state index contributed by atoms with van der Waals surface area (Å²) in [7, 11) is 1.86. The van der Waals surface area contributed by atoms with E-state index in [0.717, 1.165) is 16.6 Å². The van der Waals surface area contributed by atoms with Crippen LogP contribution in [0.4, 0.5) is 5.82 Å². The van der Waals surface area contributed by atoms with Gasteiger partial charge in [-0.2, -0.15) is 0 Å². The normalized spacial score (nSPS) is 9.44. The highest BCUT2D eigenvalue weighted by Crippen LogP contribution is 2.13. The average Bonchev–Trinajstić information content (AvgIpc) is 2.38. The van der Waals surface area contributed by atoms with E-state index < -0.39 is 0 Å². The summed E-state index contributed by atoms with van der Waals surface area (Å²) in [6, 6.07) is 3.97. The summed E-state index contributed by atoms with van der Waals surface area (Å²) in [5, 5.41) is 5.21. The van der Waals surface area contributed by atoms with E-state index in [4.69, 9.17) is 0 Å². The first kappa shape index (κ1) is 12.4. The molecule has 2 aromatic rings. The first-order chi connectivity index (χ1) is 7.81. The fourth-order valence-electron chi connectivity index (χ4n) is 1.12. The third-order valence-corrected chi connectivity index (χ3v) is 2.28. The second-order valence-electron chi connectivity index (χ2n) is 3.54. The molecular weight excluding hydrogens is 198 g/mol. The van der Waals surface area contributed by atoms with Gasteiger partial charge >= 0.3 is 0 Å². The Labute approximate surface area is 98.4 Å². The minimum atomic E-state index is 0. The number of pyridine rings is 2. The van der Waals surface area contributed by atoms with Gasteiger partial charge in [-0.05, 0) is 17.5 Å². The molecule has 0 amide bonds. The van der Waals surface area contributed by atoms with Crippen molar-refractivity contribution in [2.24, 2.45) is 0 Å². The Hall–Kier alpha value is -1.64. The van der Waals surface area contributed by atoms with Gasteiger partial charge in [0.2, 0.25) is 0 Å². The van der Waals surface area contributed by atoms with Crippen molar-refractivity contribution in [3.63, 3.8) is 0 Å². The van der Waals surface area contributed by atoms with E-state index in [9.17, 15) is 0 Å². The summed E-state index contributed by atoms with van der Waals surface area (Å²) >= 11 is 0. The quantitative estimate of drug-likeness (QED) is 0.836. The van der Waals surface area contributed by atoms with E-state index >= 15 is 0 Å². The van der Waals surface area contributed by atoms with Crippen LogP contribution in [-0.4, -0.2) is 17.0 Å². The van der Waals surface area contributed by atoms with Crippen molar-refractivity contribution in [2.75, 3.05) is 12.4 Å². The molecule has 2 heterocycles. The fourth-order valence-corrected chi connectivity index (χ4v) is 1.12. The van der Waals surface area contributed by atoms with Crippen LogP contribution < -0.4 is 5.32 Å². The Morgan fingerprint density at radius 2 is 1.94 bits per heavy atom. The molecule has 2 rings (SSSR count). The molecule has 3 nitrogen and oxygen atoms in total. The topological polar surface area (TPSA) is 37.8 Å². The van der Waals surface area contributed by atoms with Gasteiger partial charge in [0.25, 0.3) is 0 Å². The molecule has 0 aliphatic heterocycles. The Morgan fingerprint density at radius 3 is 2.56 bits per heavy atom. The largest absolute Gasteiger partial charge is 0.373 e.